The number of nitrogens with one attached hydrogen (secondary N) is 1. The van der Waals surface area contributed by atoms with Crippen LogP contribution in [-0.4, -0.2) is 20.2 Å². The number of nitrogens with zero attached hydrogens (tertiary/aromatic N) is 4. The van der Waals surface area contributed by atoms with Crippen LogP contribution in [0.5, 0.6) is 0 Å². The number of fused-ring (bicyclic) bond motifs is 1. The van der Waals surface area contributed by atoms with Crippen molar-refractivity contribution in [3.05, 3.63) is 69.5 Å². The smallest absolute Gasteiger partial charge is 0.243 e. The molecule has 0 saturated heterocycles. The van der Waals surface area contributed by atoms with Crippen LogP contribution in [0.15, 0.2) is 36.4 Å². The first-order valence-corrected chi connectivity index (χ1v) is 8.48. The highest BCUT2D eigenvalue weighted by atomic mass is 35.5. The Bertz CT molecular complexity index is 919. The summed E-state index contributed by atoms with van der Waals surface area (Å²) in [6, 6.07) is 10.6. The van der Waals surface area contributed by atoms with Crippen LogP contribution in [0, 0.1) is 19.7 Å². The lowest BCUT2D eigenvalue weighted by Crippen LogP contribution is -2.29. The number of halogens is 2. The molecule has 2 aromatic carbocycles. The Morgan fingerprint density at radius 3 is 2.80 bits per heavy atom. The molecule has 7 heteroatoms. The van der Waals surface area contributed by atoms with Crippen molar-refractivity contribution < 1.29 is 4.39 Å². The molecule has 0 fully saturated rings. The van der Waals surface area contributed by atoms with Crippen molar-refractivity contribution in [1.29, 1.82) is 0 Å². The third-order valence-electron chi connectivity index (χ3n) is 4.82. The first kappa shape index (κ1) is 16.0. The molecule has 1 N–H and O–H groups in total. The Morgan fingerprint density at radius 2 is 2.04 bits per heavy atom. The van der Waals surface area contributed by atoms with Crippen LogP contribution in [-0.2, 0) is 0 Å². The van der Waals surface area contributed by atoms with Crippen molar-refractivity contribution >= 4 is 17.5 Å². The van der Waals surface area contributed by atoms with Crippen molar-refractivity contribution in [3.63, 3.8) is 0 Å². The predicted octanol–water partition coefficient (Wildman–Crippen LogP) is 4.23. The highest BCUT2D eigenvalue weighted by Gasteiger charge is 2.33. The van der Waals surface area contributed by atoms with Gasteiger partial charge < -0.3 is 5.32 Å². The number of hydrogen-bond donors (Lipinski definition) is 1. The summed E-state index contributed by atoms with van der Waals surface area (Å²) in [6.07, 6.45) is 0.598. The maximum absolute atomic E-state index is 14.5. The molecule has 1 aromatic heterocycles. The van der Waals surface area contributed by atoms with E-state index in [1.165, 1.54) is 17.2 Å². The van der Waals surface area contributed by atoms with Crippen LogP contribution < -0.4 is 5.32 Å². The van der Waals surface area contributed by atoms with E-state index in [4.69, 9.17) is 11.6 Å². The second-order valence-corrected chi connectivity index (χ2v) is 6.78. The molecule has 128 valence electrons. The van der Waals surface area contributed by atoms with Gasteiger partial charge in [-0.3, -0.25) is 0 Å². The maximum atomic E-state index is 14.5. The van der Waals surface area contributed by atoms with Gasteiger partial charge in [-0.1, -0.05) is 41.0 Å². The zero-order chi connectivity index (χ0) is 17.6. The Labute approximate surface area is 149 Å². The van der Waals surface area contributed by atoms with Crippen LogP contribution in [0.1, 0.15) is 40.8 Å². The zero-order valence-corrected chi connectivity index (χ0v) is 14.6. The van der Waals surface area contributed by atoms with Crippen LogP contribution in [0.2, 0.25) is 5.02 Å². The lowest BCUT2D eigenvalue weighted by Gasteiger charge is -2.31. The molecule has 1 aliphatic heterocycles. The van der Waals surface area contributed by atoms with Crippen LogP contribution in [0.4, 0.5) is 10.3 Å². The predicted molar refractivity (Wildman–Crippen MR) is 94.3 cm³/mol. The van der Waals surface area contributed by atoms with Gasteiger partial charge in [-0.25, -0.2) is 9.07 Å². The topological polar surface area (TPSA) is 55.6 Å². The summed E-state index contributed by atoms with van der Waals surface area (Å²) in [5.74, 6) is 0.165. The molecular formula is C18H17ClFN5. The summed E-state index contributed by atoms with van der Waals surface area (Å²) in [5, 5.41) is 15.5. The molecule has 0 radical (unpaired) electrons. The number of aromatic nitrogens is 4. The van der Waals surface area contributed by atoms with Crippen molar-refractivity contribution in [2.45, 2.75) is 32.4 Å². The summed E-state index contributed by atoms with van der Waals surface area (Å²) >= 11 is 6.29. The molecule has 0 saturated carbocycles. The Kier molecular flexibility index (Phi) is 3.92. The van der Waals surface area contributed by atoms with Crippen LogP contribution in [0.3, 0.4) is 0 Å². The number of anilines is 1. The molecule has 0 unspecified atom stereocenters. The standard InChI is InChI=1S/C18H17ClFN5/c1-10-6-7-12(8-11(10)2)15-9-16(25-18(21-15)22-23-24-25)17-13(19)4-3-5-14(17)20/h3-8,15-16H,9H2,1-2H3,(H,21,22,24)/t15-,16+/m1/s1. The minimum atomic E-state index is -0.369. The third kappa shape index (κ3) is 2.76. The van der Waals surface area contributed by atoms with E-state index in [9.17, 15) is 4.39 Å². The lowest BCUT2D eigenvalue weighted by atomic mass is 9.91. The van der Waals surface area contributed by atoms with Gasteiger partial charge in [0.05, 0.1) is 12.1 Å². The molecule has 0 spiro atoms. The molecule has 0 aliphatic carbocycles. The van der Waals surface area contributed by atoms with Gasteiger partial charge in [0, 0.05) is 10.6 Å². The lowest BCUT2D eigenvalue weighted by molar-refractivity contribution is 0.409. The molecule has 25 heavy (non-hydrogen) atoms. The number of hydrogen-bond acceptors (Lipinski definition) is 4. The molecule has 5 nitrogen and oxygen atoms in total. The molecule has 0 amide bonds. The van der Waals surface area contributed by atoms with Crippen LogP contribution in [0.25, 0.3) is 0 Å². The largest absolute Gasteiger partial charge is 0.346 e. The normalized spacial score (nSPS) is 19.4. The monoisotopic (exact) mass is 357 g/mol. The Morgan fingerprint density at radius 1 is 1.20 bits per heavy atom. The van der Waals surface area contributed by atoms with E-state index in [1.807, 2.05) is 0 Å². The van der Waals surface area contributed by atoms with Gasteiger partial charge in [0.15, 0.2) is 0 Å². The summed E-state index contributed by atoms with van der Waals surface area (Å²) < 4.78 is 16.1. The van der Waals surface area contributed by atoms with Gasteiger partial charge >= 0.3 is 0 Å². The highest BCUT2D eigenvalue weighted by Crippen LogP contribution is 2.40. The van der Waals surface area contributed by atoms with Gasteiger partial charge in [0.2, 0.25) is 5.95 Å². The highest BCUT2D eigenvalue weighted by molar-refractivity contribution is 6.31. The van der Waals surface area contributed by atoms with Gasteiger partial charge in [-0.15, -0.1) is 0 Å². The number of rotatable bonds is 2. The van der Waals surface area contributed by atoms with Gasteiger partial charge in [-0.05, 0) is 59.5 Å². The number of aryl methyl sites for hydroxylation is 2. The van der Waals surface area contributed by atoms with E-state index in [1.54, 1.807) is 16.8 Å². The molecule has 3 aromatic rings. The SMILES string of the molecule is Cc1ccc([C@H]2C[C@@H](c3c(F)cccc3Cl)n3nnnc3N2)cc1C. The van der Waals surface area contributed by atoms with E-state index < -0.39 is 0 Å². The quantitative estimate of drug-likeness (QED) is 0.745. The molecular weight excluding hydrogens is 341 g/mol. The Balaban J connectivity index is 1.79. The van der Waals surface area contributed by atoms with Gasteiger partial charge in [-0.2, -0.15) is 0 Å². The van der Waals surface area contributed by atoms with Gasteiger partial charge in [0.1, 0.15) is 5.82 Å². The minimum Gasteiger partial charge on any atom is -0.346 e. The van der Waals surface area contributed by atoms with Crippen molar-refractivity contribution in [1.82, 2.24) is 20.2 Å². The fraction of sp³-hybridized carbons (Fsp3) is 0.278. The van der Waals surface area contributed by atoms with E-state index in [0.717, 1.165) is 5.56 Å². The molecule has 2 atom stereocenters. The first-order valence-electron chi connectivity index (χ1n) is 8.10. The average Bonchev–Trinajstić information content (AvgIpc) is 3.05. The average molecular weight is 358 g/mol. The second-order valence-electron chi connectivity index (χ2n) is 6.37. The first-order chi connectivity index (χ1) is 12.0. The van der Waals surface area contributed by atoms with Gasteiger partial charge in [0.25, 0.3) is 0 Å². The molecule has 1 aliphatic rings. The van der Waals surface area contributed by atoms with E-state index in [2.05, 4.69) is 52.9 Å². The number of tetrazole rings is 1. The van der Waals surface area contributed by atoms with E-state index >= 15 is 0 Å². The summed E-state index contributed by atoms with van der Waals surface area (Å²) in [5.41, 5.74) is 3.99. The maximum Gasteiger partial charge on any atom is 0.243 e. The Hall–Kier alpha value is -2.47. The minimum absolute atomic E-state index is 0.0292. The summed E-state index contributed by atoms with van der Waals surface area (Å²) in [7, 11) is 0. The van der Waals surface area contributed by atoms with Crippen molar-refractivity contribution in [3.8, 4) is 0 Å². The summed E-state index contributed by atoms with van der Waals surface area (Å²) in [6.45, 7) is 4.16. The second kappa shape index (κ2) is 6.11. The molecule has 0 bridgehead atoms. The van der Waals surface area contributed by atoms with E-state index in [0.29, 0.717) is 23.0 Å². The molecule has 4 rings (SSSR count). The van der Waals surface area contributed by atoms with Crippen molar-refractivity contribution in [2.24, 2.45) is 0 Å². The van der Waals surface area contributed by atoms with E-state index in [-0.39, 0.29) is 17.9 Å². The summed E-state index contributed by atoms with van der Waals surface area (Å²) in [4.78, 5) is 0. The van der Waals surface area contributed by atoms with Crippen LogP contribution >= 0.6 is 11.6 Å². The number of benzene rings is 2. The zero-order valence-electron chi connectivity index (χ0n) is 13.9. The fourth-order valence-electron chi connectivity index (χ4n) is 3.31. The molecule has 2 heterocycles. The van der Waals surface area contributed by atoms with Crippen molar-refractivity contribution in [2.75, 3.05) is 5.32 Å². The fourth-order valence-corrected chi connectivity index (χ4v) is 3.60. The third-order valence-corrected chi connectivity index (χ3v) is 5.15.